The summed E-state index contributed by atoms with van der Waals surface area (Å²) in [6, 6.07) is 2.98. The van der Waals surface area contributed by atoms with Crippen LogP contribution in [0.3, 0.4) is 0 Å². The van der Waals surface area contributed by atoms with E-state index in [1.165, 1.54) is 12.1 Å². The molecular formula is C14H13BrN2O5S. The summed E-state index contributed by atoms with van der Waals surface area (Å²) in [5, 5.41) is 9.23. The number of halogens is 1. The minimum atomic E-state index is -0.766. The van der Waals surface area contributed by atoms with Crippen LogP contribution in [-0.4, -0.2) is 40.2 Å². The van der Waals surface area contributed by atoms with Crippen molar-refractivity contribution in [1.82, 2.24) is 4.90 Å². The number of nitrogens with two attached hydrogens (primary N) is 1. The summed E-state index contributed by atoms with van der Waals surface area (Å²) >= 11 is 3.99. The van der Waals surface area contributed by atoms with Gasteiger partial charge in [0.1, 0.15) is 6.54 Å². The zero-order chi connectivity index (χ0) is 17.1. The summed E-state index contributed by atoms with van der Waals surface area (Å²) in [6.45, 7) is 1.68. The molecule has 7 nitrogen and oxygen atoms in total. The van der Waals surface area contributed by atoms with Gasteiger partial charge < -0.3 is 15.6 Å². The monoisotopic (exact) mass is 400 g/mol. The Labute approximate surface area is 144 Å². The van der Waals surface area contributed by atoms with Crippen LogP contribution in [0, 0.1) is 0 Å². The molecule has 9 heteroatoms. The molecule has 0 aromatic heterocycles. The van der Waals surface area contributed by atoms with E-state index in [-0.39, 0.29) is 16.4 Å². The molecule has 1 aromatic rings. The first-order chi connectivity index (χ1) is 10.8. The van der Waals surface area contributed by atoms with Gasteiger partial charge in [-0.3, -0.25) is 19.3 Å². The highest BCUT2D eigenvalue weighted by atomic mass is 79.9. The van der Waals surface area contributed by atoms with Crippen LogP contribution in [0.5, 0.6) is 11.5 Å². The molecule has 0 spiro atoms. The number of ether oxygens (including phenoxy) is 1. The first kappa shape index (κ1) is 17.4. The number of hydrogen-bond acceptors (Lipinski definition) is 6. The van der Waals surface area contributed by atoms with Gasteiger partial charge in [0.2, 0.25) is 5.91 Å². The summed E-state index contributed by atoms with van der Waals surface area (Å²) < 4.78 is 5.82. The number of carbonyl (C=O) groups excluding carboxylic acids is 3. The van der Waals surface area contributed by atoms with Gasteiger partial charge in [0.25, 0.3) is 11.1 Å². The lowest BCUT2D eigenvalue weighted by Gasteiger charge is -2.09. The summed E-state index contributed by atoms with van der Waals surface area (Å²) in [5.74, 6) is -1.13. The van der Waals surface area contributed by atoms with Gasteiger partial charge >= 0.3 is 0 Å². The number of phenolic OH excluding ortho intramolecular Hbond substituents is 1. The number of thioether (sulfide) groups is 1. The Kier molecular flexibility index (Phi) is 5.32. The molecule has 0 radical (unpaired) electrons. The minimum absolute atomic E-state index is 0.0438. The summed E-state index contributed by atoms with van der Waals surface area (Å²) in [6.07, 6.45) is 1.48. The van der Waals surface area contributed by atoms with Crippen molar-refractivity contribution in [2.24, 2.45) is 5.73 Å². The van der Waals surface area contributed by atoms with Gasteiger partial charge in [-0.2, -0.15) is 0 Å². The Morgan fingerprint density at radius 2 is 2.17 bits per heavy atom. The first-order valence-corrected chi connectivity index (χ1v) is 8.13. The quantitative estimate of drug-likeness (QED) is 0.731. The van der Waals surface area contributed by atoms with E-state index in [0.29, 0.717) is 16.6 Å². The fourth-order valence-corrected chi connectivity index (χ4v) is 3.15. The molecule has 23 heavy (non-hydrogen) atoms. The number of hydrogen-bond donors (Lipinski definition) is 2. The Morgan fingerprint density at radius 1 is 1.48 bits per heavy atom. The predicted molar refractivity (Wildman–Crippen MR) is 88.8 cm³/mol. The van der Waals surface area contributed by atoms with Crippen LogP contribution < -0.4 is 10.5 Å². The number of nitrogens with zero attached hydrogens (tertiary/aromatic N) is 1. The van der Waals surface area contributed by atoms with Crippen molar-refractivity contribution >= 4 is 50.8 Å². The molecule has 3 amide bonds. The van der Waals surface area contributed by atoms with Crippen molar-refractivity contribution in [3.8, 4) is 11.5 Å². The number of primary amides is 1. The number of benzene rings is 1. The van der Waals surface area contributed by atoms with Crippen molar-refractivity contribution in [2.45, 2.75) is 6.92 Å². The molecule has 1 aromatic carbocycles. The van der Waals surface area contributed by atoms with E-state index in [1.807, 2.05) is 0 Å². The van der Waals surface area contributed by atoms with E-state index in [0.717, 1.165) is 16.7 Å². The number of rotatable bonds is 5. The molecule has 1 heterocycles. The van der Waals surface area contributed by atoms with E-state index < -0.39 is 23.6 Å². The van der Waals surface area contributed by atoms with Gasteiger partial charge in [0, 0.05) is 4.47 Å². The number of imide groups is 1. The second-order valence-corrected chi connectivity index (χ2v) is 6.36. The van der Waals surface area contributed by atoms with E-state index >= 15 is 0 Å². The molecule has 1 saturated heterocycles. The smallest absolute Gasteiger partial charge is 0.294 e. The Morgan fingerprint density at radius 3 is 2.78 bits per heavy atom. The second-order valence-electron chi connectivity index (χ2n) is 4.51. The molecule has 0 unspecified atom stereocenters. The zero-order valence-electron chi connectivity index (χ0n) is 12.0. The van der Waals surface area contributed by atoms with Gasteiger partial charge in [-0.1, -0.05) is 15.9 Å². The van der Waals surface area contributed by atoms with Crippen molar-refractivity contribution in [1.29, 1.82) is 0 Å². The minimum Gasteiger partial charge on any atom is -0.504 e. The topological polar surface area (TPSA) is 110 Å². The molecule has 2 rings (SSSR count). The van der Waals surface area contributed by atoms with Crippen LogP contribution in [0.1, 0.15) is 12.5 Å². The maximum absolute atomic E-state index is 12.2. The van der Waals surface area contributed by atoms with E-state index in [2.05, 4.69) is 15.9 Å². The Bertz CT molecular complexity index is 719. The van der Waals surface area contributed by atoms with Crippen LogP contribution >= 0.6 is 27.7 Å². The molecule has 1 fully saturated rings. The van der Waals surface area contributed by atoms with Gasteiger partial charge in [0.05, 0.1) is 11.5 Å². The average molecular weight is 401 g/mol. The molecule has 3 N–H and O–H groups in total. The SMILES string of the molecule is CCOc1cc(/C=C2\SC(=O)N(CC(N)=O)C2=O)c(Br)cc1O. The number of amides is 3. The summed E-state index contributed by atoms with van der Waals surface area (Å²) in [4.78, 5) is 35.8. The number of carbonyl (C=O) groups is 3. The highest BCUT2D eigenvalue weighted by Crippen LogP contribution is 2.37. The van der Waals surface area contributed by atoms with Crippen LogP contribution in [-0.2, 0) is 9.59 Å². The fourth-order valence-electron chi connectivity index (χ4n) is 1.87. The normalized spacial score (nSPS) is 16.3. The van der Waals surface area contributed by atoms with E-state index in [1.54, 1.807) is 13.0 Å². The van der Waals surface area contributed by atoms with Crippen molar-refractivity contribution in [3.63, 3.8) is 0 Å². The number of phenols is 1. The van der Waals surface area contributed by atoms with Crippen LogP contribution in [0.15, 0.2) is 21.5 Å². The first-order valence-electron chi connectivity index (χ1n) is 6.52. The van der Waals surface area contributed by atoms with Crippen molar-refractivity contribution in [2.75, 3.05) is 13.2 Å². The lowest BCUT2D eigenvalue weighted by atomic mass is 10.2. The largest absolute Gasteiger partial charge is 0.504 e. The highest BCUT2D eigenvalue weighted by Gasteiger charge is 2.36. The zero-order valence-corrected chi connectivity index (χ0v) is 14.4. The lowest BCUT2D eigenvalue weighted by molar-refractivity contribution is -0.127. The maximum atomic E-state index is 12.2. The summed E-state index contributed by atoms with van der Waals surface area (Å²) in [5.41, 5.74) is 5.57. The van der Waals surface area contributed by atoms with E-state index in [4.69, 9.17) is 10.5 Å². The molecule has 1 aliphatic rings. The summed E-state index contributed by atoms with van der Waals surface area (Å²) in [7, 11) is 0. The van der Waals surface area contributed by atoms with Crippen molar-refractivity contribution < 1.29 is 24.2 Å². The fraction of sp³-hybridized carbons (Fsp3) is 0.214. The predicted octanol–water partition coefficient (Wildman–Crippen LogP) is 2.07. The van der Waals surface area contributed by atoms with Crippen LogP contribution in [0.4, 0.5) is 4.79 Å². The molecule has 0 saturated carbocycles. The standard InChI is InChI=1S/C14H13BrN2O5S/c1-2-22-10-3-7(8(15)5-9(10)18)4-11-13(20)17(6-12(16)19)14(21)23-11/h3-5,18H,2,6H2,1H3,(H2,16,19)/b11-4-. The average Bonchev–Trinajstić information content (AvgIpc) is 2.71. The molecule has 122 valence electrons. The van der Waals surface area contributed by atoms with Gasteiger partial charge in [0.15, 0.2) is 11.5 Å². The Balaban J connectivity index is 2.35. The number of aromatic hydroxyl groups is 1. The third-order valence-corrected chi connectivity index (χ3v) is 4.45. The second kappa shape index (κ2) is 7.05. The maximum Gasteiger partial charge on any atom is 0.294 e. The molecule has 1 aliphatic heterocycles. The van der Waals surface area contributed by atoms with Gasteiger partial charge in [-0.15, -0.1) is 0 Å². The van der Waals surface area contributed by atoms with Crippen LogP contribution in [0.25, 0.3) is 6.08 Å². The van der Waals surface area contributed by atoms with Gasteiger partial charge in [-0.25, -0.2) is 0 Å². The molecule has 0 aliphatic carbocycles. The third kappa shape index (κ3) is 3.85. The third-order valence-electron chi connectivity index (χ3n) is 2.85. The Hall–Kier alpha value is -2.00. The molecule has 0 atom stereocenters. The van der Waals surface area contributed by atoms with Gasteiger partial charge in [-0.05, 0) is 42.5 Å². The molecular weight excluding hydrogens is 388 g/mol. The highest BCUT2D eigenvalue weighted by molar-refractivity contribution is 9.10. The molecule has 0 bridgehead atoms. The van der Waals surface area contributed by atoms with Crippen molar-refractivity contribution in [3.05, 3.63) is 27.1 Å². The van der Waals surface area contributed by atoms with E-state index in [9.17, 15) is 19.5 Å². The lowest BCUT2D eigenvalue weighted by Crippen LogP contribution is -2.36. The van der Waals surface area contributed by atoms with Crippen LogP contribution in [0.2, 0.25) is 0 Å².